The number of carbonyl (C=O) groups is 2. The second-order valence-electron chi connectivity index (χ2n) is 5.86. The molecule has 136 valence electrons. The monoisotopic (exact) mass is 390 g/mol. The Hall–Kier alpha value is -1.01. The topological polar surface area (TPSA) is 107 Å². The van der Waals surface area contributed by atoms with Gasteiger partial charge in [0.2, 0.25) is 0 Å². The van der Waals surface area contributed by atoms with Crippen molar-refractivity contribution in [1.29, 1.82) is 0 Å². The van der Waals surface area contributed by atoms with E-state index in [4.69, 9.17) is 14.0 Å². The Bertz CT molecular complexity index is 666. The van der Waals surface area contributed by atoms with Crippen molar-refractivity contribution in [3.8, 4) is 0 Å². The van der Waals surface area contributed by atoms with Crippen LogP contribution in [0.1, 0.15) is 12.8 Å². The van der Waals surface area contributed by atoms with E-state index in [2.05, 4.69) is 0 Å². The minimum atomic E-state index is -5.90. The number of rotatable bonds is 6. The molecule has 0 amide bonds. The molecule has 3 heterocycles. The van der Waals surface area contributed by atoms with Crippen molar-refractivity contribution < 1.29 is 45.2 Å². The molecule has 0 aromatic carbocycles. The number of carbonyl (C=O) groups excluding carboxylic acids is 2. The first-order valence-corrected chi connectivity index (χ1v) is 9.44. The lowest BCUT2D eigenvalue weighted by molar-refractivity contribution is -0.155. The number of thioether (sulfide) groups is 1. The van der Waals surface area contributed by atoms with E-state index in [1.165, 1.54) is 11.8 Å². The summed E-state index contributed by atoms with van der Waals surface area (Å²) in [5.41, 5.74) is 0. The zero-order chi connectivity index (χ0) is 17.9. The summed E-state index contributed by atoms with van der Waals surface area (Å²) in [5.74, 6) is -2.74. The van der Waals surface area contributed by atoms with Gasteiger partial charge in [-0.25, -0.2) is 4.39 Å². The van der Waals surface area contributed by atoms with E-state index in [0.29, 0.717) is 6.42 Å². The fourth-order valence-electron chi connectivity index (χ4n) is 3.30. The summed E-state index contributed by atoms with van der Waals surface area (Å²) >= 11 is 1.44. The third-order valence-corrected chi connectivity index (χ3v) is 7.13. The fourth-order valence-corrected chi connectivity index (χ4v) is 5.69. The first-order chi connectivity index (χ1) is 11.0. The molecule has 3 rings (SSSR count). The van der Waals surface area contributed by atoms with Gasteiger partial charge in [0.15, 0.2) is 6.17 Å². The van der Waals surface area contributed by atoms with Crippen LogP contribution in [0.3, 0.4) is 0 Å². The van der Waals surface area contributed by atoms with Crippen LogP contribution in [0.5, 0.6) is 0 Å². The third kappa shape index (κ3) is 2.68. The first-order valence-electron chi connectivity index (χ1n) is 7.05. The standard InChI is InChI=1S/C12H13F3O7S2/c13-6(12(14,15)24(18,19)20)1-2-21-10(16)7-5-3-4-9(23-5)8(7)11(17)22-4/h4-9H,1-3H2,(H,18,19,20). The van der Waals surface area contributed by atoms with Crippen LogP contribution in [0.25, 0.3) is 0 Å². The third-order valence-electron chi connectivity index (χ3n) is 4.44. The van der Waals surface area contributed by atoms with Crippen LogP contribution in [0.15, 0.2) is 0 Å². The van der Waals surface area contributed by atoms with Crippen LogP contribution in [-0.2, 0) is 29.2 Å². The molecular formula is C12H13F3O7S2. The molecule has 24 heavy (non-hydrogen) atoms. The van der Waals surface area contributed by atoms with E-state index in [1.54, 1.807) is 0 Å². The van der Waals surface area contributed by atoms with Gasteiger partial charge in [-0.3, -0.25) is 14.1 Å². The molecule has 3 saturated heterocycles. The lowest BCUT2D eigenvalue weighted by Gasteiger charge is -2.22. The molecule has 1 N–H and O–H groups in total. The largest absolute Gasteiger partial charge is 0.465 e. The highest BCUT2D eigenvalue weighted by molar-refractivity contribution is 8.01. The van der Waals surface area contributed by atoms with Gasteiger partial charge in [-0.1, -0.05) is 0 Å². The molecule has 12 heteroatoms. The molecule has 6 unspecified atom stereocenters. The van der Waals surface area contributed by atoms with Crippen molar-refractivity contribution in [3.05, 3.63) is 0 Å². The van der Waals surface area contributed by atoms with Gasteiger partial charge in [0.25, 0.3) is 0 Å². The molecule has 0 radical (unpaired) electrons. The van der Waals surface area contributed by atoms with Gasteiger partial charge < -0.3 is 9.47 Å². The molecular weight excluding hydrogens is 377 g/mol. The fraction of sp³-hybridized carbons (Fsp3) is 0.833. The molecule has 3 aliphatic rings. The SMILES string of the molecule is O=C(OCCC(F)C(F)(F)S(=O)(=O)O)C1C2CC3OC(=O)C1C3S2. The second-order valence-corrected chi connectivity index (χ2v) is 8.78. The Labute approximate surface area is 139 Å². The first kappa shape index (κ1) is 17.8. The highest BCUT2D eigenvalue weighted by atomic mass is 32.2. The molecule has 7 nitrogen and oxygen atoms in total. The van der Waals surface area contributed by atoms with Crippen LogP contribution in [0.2, 0.25) is 0 Å². The Morgan fingerprint density at radius 3 is 2.79 bits per heavy atom. The quantitative estimate of drug-likeness (QED) is 0.524. The minimum absolute atomic E-state index is 0.127. The predicted octanol–water partition coefficient (Wildman–Crippen LogP) is 0.784. The van der Waals surface area contributed by atoms with E-state index >= 15 is 0 Å². The number of esters is 2. The van der Waals surface area contributed by atoms with E-state index in [-0.39, 0.29) is 16.6 Å². The molecule has 0 aliphatic carbocycles. The number of ether oxygens (including phenoxy) is 2. The lowest BCUT2D eigenvalue weighted by Crippen LogP contribution is -2.40. The van der Waals surface area contributed by atoms with Gasteiger partial charge in [0.05, 0.1) is 23.7 Å². The Morgan fingerprint density at radius 1 is 1.50 bits per heavy atom. The maximum absolute atomic E-state index is 13.3. The Morgan fingerprint density at radius 2 is 2.17 bits per heavy atom. The molecule has 2 bridgehead atoms. The van der Waals surface area contributed by atoms with E-state index in [9.17, 15) is 31.2 Å². The van der Waals surface area contributed by atoms with Gasteiger partial charge in [-0.15, -0.1) is 11.8 Å². The van der Waals surface area contributed by atoms with Crippen molar-refractivity contribution in [2.45, 2.75) is 40.9 Å². The highest BCUT2D eigenvalue weighted by Gasteiger charge is 2.65. The zero-order valence-corrected chi connectivity index (χ0v) is 13.6. The van der Waals surface area contributed by atoms with Crippen molar-refractivity contribution in [3.63, 3.8) is 0 Å². The normalized spacial score (nSPS) is 35.8. The van der Waals surface area contributed by atoms with Crippen LogP contribution in [0.4, 0.5) is 13.2 Å². The zero-order valence-electron chi connectivity index (χ0n) is 11.9. The Balaban J connectivity index is 1.55. The summed E-state index contributed by atoms with van der Waals surface area (Å²) in [5, 5.41) is -5.29. The number of halogens is 3. The molecule has 0 aromatic rings. The van der Waals surface area contributed by atoms with Gasteiger partial charge in [-0.2, -0.15) is 17.2 Å². The molecule has 0 aromatic heterocycles. The second kappa shape index (κ2) is 5.77. The summed E-state index contributed by atoms with van der Waals surface area (Å²) < 4.78 is 78.3. The summed E-state index contributed by atoms with van der Waals surface area (Å²) in [4.78, 5) is 23.8. The van der Waals surface area contributed by atoms with Gasteiger partial charge in [0.1, 0.15) is 6.10 Å². The van der Waals surface area contributed by atoms with Crippen molar-refractivity contribution >= 4 is 33.8 Å². The maximum Gasteiger partial charge on any atom is 0.400 e. The van der Waals surface area contributed by atoms with Gasteiger partial charge >= 0.3 is 27.3 Å². The maximum atomic E-state index is 13.3. The molecule has 3 aliphatic heterocycles. The van der Waals surface area contributed by atoms with Crippen molar-refractivity contribution in [2.75, 3.05) is 6.61 Å². The molecule has 0 saturated carbocycles. The highest BCUT2D eigenvalue weighted by Crippen LogP contribution is 2.58. The van der Waals surface area contributed by atoms with Crippen LogP contribution in [0, 0.1) is 11.8 Å². The molecule has 3 fully saturated rings. The lowest BCUT2D eigenvalue weighted by atomic mass is 9.80. The van der Waals surface area contributed by atoms with Gasteiger partial charge in [0, 0.05) is 11.7 Å². The summed E-state index contributed by atoms with van der Waals surface area (Å²) in [6.45, 7) is -0.797. The van der Waals surface area contributed by atoms with Crippen LogP contribution >= 0.6 is 11.8 Å². The average Bonchev–Trinajstić information content (AvgIpc) is 3.06. The van der Waals surface area contributed by atoms with Crippen LogP contribution < -0.4 is 0 Å². The molecule has 0 spiro atoms. The molecule has 6 atom stereocenters. The van der Waals surface area contributed by atoms with E-state index in [0.717, 1.165) is 0 Å². The summed E-state index contributed by atoms with van der Waals surface area (Å²) in [7, 11) is -5.90. The number of hydrogen-bond acceptors (Lipinski definition) is 7. The van der Waals surface area contributed by atoms with Crippen molar-refractivity contribution in [1.82, 2.24) is 0 Å². The minimum Gasteiger partial charge on any atom is -0.465 e. The van der Waals surface area contributed by atoms with Crippen LogP contribution in [-0.4, -0.2) is 59.5 Å². The smallest absolute Gasteiger partial charge is 0.400 e. The van der Waals surface area contributed by atoms with E-state index < -0.39 is 58.3 Å². The number of fused-ring (bicyclic) bond motifs is 1. The van der Waals surface area contributed by atoms with Crippen molar-refractivity contribution in [2.24, 2.45) is 11.8 Å². The van der Waals surface area contributed by atoms with Gasteiger partial charge in [-0.05, 0) is 6.42 Å². The average molecular weight is 390 g/mol. The number of hydrogen-bond donors (Lipinski definition) is 1. The number of alkyl halides is 3. The summed E-state index contributed by atoms with van der Waals surface area (Å²) in [6.07, 6.45) is -4.05. The predicted molar refractivity (Wildman–Crippen MR) is 73.6 cm³/mol. The van der Waals surface area contributed by atoms with E-state index in [1.807, 2.05) is 0 Å². The Kier molecular flexibility index (Phi) is 4.28. The summed E-state index contributed by atoms with van der Waals surface area (Å²) in [6, 6.07) is 0.